The number of hydrogen-bond donors (Lipinski definition) is 2. The number of hydrogen-bond acceptors (Lipinski definition) is 7. The topological polar surface area (TPSA) is 138 Å². The van der Waals surface area contributed by atoms with Crippen LogP contribution in [-0.4, -0.2) is 39.0 Å². The van der Waals surface area contributed by atoms with Gasteiger partial charge in [-0.2, -0.15) is 0 Å². The second-order valence-electron chi connectivity index (χ2n) is 8.89. The molecule has 0 atom stereocenters. The Morgan fingerprint density at radius 3 is 2.08 bits per heavy atom. The quantitative estimate of drug-likeness (QED) is 0.311. The van der Waals surface area contributed by atoms with Gasteiger partial charge in [0.05, 0.1) is 23.4 Å². The number of amides is 1. The van der Waals surface area contributed by atoms with Crippen LogP contribution in [0.1, 0.15) is 27.0 Å². The Labute approximate surface area is 227 Å². The fraction of sp³-hybridized carbons (Fsp3) is 0.148. The van der Waals surface area contributed by atoms with Gasteiger partial charge >= 0.3 is 0 Å². The number of nitrogens with zero attached hydrogens (tertiary/aromatic N) is 3. The van der Waals surface area contributed by atoms with Gasteiger partial charge in [-0.25, -0.2) is 31.5 Å². The van der Waals surface area contributed by atoms with Crippen molar-refractivity contribution >= 4 is 43.3 Å². The molecule has 0 aliphatic heterocycles. The molecule has 2 N–H and O–H groups in total. The lowest BCUT2D eigenvalue weighted by molar-refractivity contribution is 0.102. The molecule has 4 aromatic rings. The predicted molar refractivity (Wildman–Crippen MR) is 151 cm³/mol. The highest BCUT2D eigenvalue weighted by Crippen LogP contribution is 2.24. The molecule has 0 fully saturated rings. The van der Waals surface area contributed by atoms with Gasteiger partial charge in [0.15, 0.2) is 0 Å². The number of sulfonamides is 2. The second-order valence-corrected chi connectivity index (χ2v) is 12.5. The van der Waals surface area contributed by atoms with E-state index in [0.29, 0.717) is 22.5 Å². The number of carbonyl (C=O) groups is 1. The molecular weight excluding hydrogens is 538 g/mol. The maximum absolute atomic E-state index is 12.8. The lowest BCUT2D eigenvalue weighted by Gasteiger charge is -2.23. The molecule has 1 heterocycles. The summed E-state index contributed by atoms with van der Waals surface area (Å²) in [4.78, 5) is 20.4. The van der Waals surface area contributed by atoms with Crippen molar-refractivity contribution in [1.82, 2.24) is 9.97 Å². The molecule has 12 heteroatoms. The number of rotatable bonds is 9. The molecule has 1 amide bonds. The molecule has 0 aliphatic carbocycles. The largest absolute Gasteiger partial charge is 0.322 e. The van der Waals surface area contributed by atoms with E-state index in [0.717, 1.165) is 17.4 Å². The van der Waals surface area contributed by atoms with Crippen molar-refractivity contribution in [2.24, 2.45) is 0 Å². The maximum Gasteiger partial charge on any atom is 0.264 e. The van der Waals surface area contributed by atoms with E-state index in [1.54, 1.807) is 36.4 Å². The van der Waals surface area contributed by atoms with Gasteiger partial charge in [0, 0.05) is 23.6 Å². The van der Waals surface area contributed by atoms with Crippen molar-refractivity contribution in [1.29, 1.82) is 0 Å². The van der Waals surface area contributed by atoms with Crippen LogP contribution in [0.4, 0.5) is 17.3 Å². The smallest absolute Gasteiger partial charge is 0.264 e. The summed E-state index contributed by atoms with van der Waals surface area (Å²) >= 11 is 0. The Kier molecular flexibility index (Phi) is 7.98. The van der Waals surface area contributed by atoms with Gasteiger partial charge in [0.1, 0.15) is 0 Å². The molecular formula is C27H27N5O5S2. The summed E-state index contributed by atoms with van der Waals surface area (Å²) in [6.07, 6.45) is 4.00. The third-order valence-corrected chi connectivity index (χ3v) is 8.42. The van der Waals surface area contributed by atoms with E-state index in [4.69, 9.17) is 0 Å². The van der Waals surface area contributed by atoms with Crippen LogP contribution in [0.5, 0.6) is 0 Å². The standard InChI is InChI=1S/C27H27N5O5S2/c1-19-5-12-24(17-20(19)2)32(38(3,34)35)18-21-6-8-22(9-7-21)26(33)30-23-10-13-25(14-11-23)39(36,37)31-27-28-15-4-16-29-27/h4-17H,18H2,1-3H3,(H,30,33)(H,28,29,31). The number of aryl methyl sites for hydroxylation is 2. The van der Waals surface area contributed by atoms with Crippen LogP contribution in [0.3, 0.4) is 0 Å². The Hall–Kier alpha value is -4.29. The summed E-state index contributed by atoms with van der Waals surface area (Å²) in [6.45, 7) is 4.00. The van der Waals surface area contributed by atoms with Gasteiger partial charge < -0.3 is 5.32 Å². The first-order chi connectivity index (χ1) is 18.4. The van der Waals surface area contributed by atoms with E-state index in [2.05, 4.69) is 20.0 Å². The zero-order chi connectivity index (χ0) is 28.2. The van der Waals surface area contributed by atoms with E-state index in [1.165, 1.54) is 41.0 Å². The number of nitrogens with one attached hydrogen (secondary N) is 2. The molecule has 4 rings (SSSR count). The van der Waals surface area contributed by atoms with Crippen molar-refractivity contribution in [3.8, 4) is 0 Å². The van der Waals surface area contributed by atoms with E-state index >= 15 is 0 Å². The van der Waals surface area contributed by atoms with Crippen LogP contribution in [0.15, 0.2) is 90.1 Å². The molecule has 39 heavy (non-hydrogen) atoms. The molecule has 202 valence electrons. The van der Waals surface area contributed by atoms with Gasteiger partial charge in [-0.15, -0.1) is 0 Å². The van der Waals surface area contributed by atoms with Gasteiger partial charge in [-0.05, 0) is 85.1 Å². The highest BCUT2D eigenvalue weighted by atomic mass is 32.2. The Morgan fingerprint density at radius 1 is 0.846 bits per heavy atom. The molecule has 0 spiro atoms. The normalized spacial score (nSPS) is 11.6. The summed E-state index contributed by atoms with van der Waals surface area (Å²) in [5.41, 5.74) is 4.09. The molecule has 0 bridgehead atoms. The fourth-order valence-electron chi connectivity index (χ4n) is 3.66. The highest BCUT2D eigenvalue weighted by molar-refractivity contribution is 7.92. The van der Waals surface area contributed by atoms with Crippen molar-refractivity contribution in [3.63, 3.8) is 0 Å². The first-order valence-electron chi connectivity index (χ1n) is 11.8. The van der Waals surface area contributed by atoms with E-state index in [9.17, 15) is 21.6 Å². The number of carbonyl (C=O) groups excluding carboxylic acids is 1. The molecule has 0 unspecified atom stereocenters. The Balaban J connectivity index is 1.43. The van der Waals surface area contributed by atoms with Gasteiger partial charge in [-0.3, -0.25) is 9.10 Å². The summed E-state index contributed by atoms with van der Waals surface area (Å²) in [6, 6.07) is 19.3. The SMILES string of the molecule is Cc1ccc(N(Cc2ccc(C(=O)Nc3ccc(S(=O)(=O)Nc4ncccn4)cc3)cc2)S(C)(=O)=O)cc1C. The first-order valence-corrected chi connectivity index (χ1v) is 15.1. The predicted octanol–water partition coefficient (Wildman–Crippen LogP) is 4.11. The lowest BCUT2D eigenvalue weighted by atomic mass is 10.1. The average Bonchev–Trinajstić information content (AvgIpc) is 2.89. The molecule has 3 aromatic carbocycles. The van der Waals surface area contributed by atoms with Crippen molar-refractivity contribution < 1.29 is 21.6 Å². The van der Waals surface area contributed by atoms with Crippen LogP contribution in [0.25, 0.3) is 0 Å². The maximum atomic E-state index is 12.8. The minimum absolute atomic E-state index is 0.0171. The van der Waals surface area contributed by atoms with E-state index in [1.807, 2.05) is 26.0 Å². The third-order valence-electron chi connectivity index (χ3n) is 5.94. The summed E-state index contributed by atoms with van der Waals surface area (Å²) < 4.78 is 53.7. The van der Waals surface area contributed by atoms with Crippen LogP contribution in [-0.2, 0) is 26.6 Å². The van der Waals surface area contributed by atoms with Crippen molar-refractivity contribution in [2.75, 3.05) is 20.6 Å². The molecule has 1 aromatic heterocycles. The monoisotopic (exact) mass is 565 g/mol. The zero-order valence-corrected chi connectivity index (χ0v) is 23.1. The molecule has 0 radical (unpaired) electrons. The first kappa shape index (κ1) is 27.7. The molecule has 10 nitrogen and oxygen atoms in total. The Bertz CT molecular complexity index is 1690. The Morgan fingerprint density at radius 2 is 1.49 bits per heavy atom. The van der Waals surface area contributed by atoms with Crippen molar-refractivity contribution in [2.45, 2.75) is 25.3 Å². The minimum atomic E-state index is -3.90. The number of anilines is 3. The van der Waals surface area contributed by atoms with Crippen molar-refractivity contribution in [3.05, 3.63) is 107 Å². The van der Waals surface area contributed by atoms with Gasteiger partial charge in [0.2, 0.25) is 16.0 Å². The molecule has 0 saturated carbocycles. The van der Waals surface area contributed by atoms with Crippen LogP contribution in [0.2, 0.25) is 0 Å². The highest BCUT2D eigenvalue weighted by Gasteiger charge is 2.19. The summed E-state index contributed by atoms with van der Waals surface area (Å²) in [5, 5.41) is 2.72. The average molecular weight is 566 g/mol. The second kappa shape index (κ2) is 11.2. The third kappa shape index (κ3) is 6.98. The van der Waals surface area contributed by atoms with Gasteiger partial charge in [-0.1, -0.05) is 18.2 Å². The van der Waals surface area contributed by atoms with Crippen LogP contribution < -0.4 is 14.3 Å². The number of aromatic nitrogens is 2. The van der Waals surface area contributed by atoms with Gasteiger partial charge in [0.25, 0.3) is 15.9 Å². The minimum Gasteiger partial charge on any atom is -0.322 e. The van der Waals surface area contributed by atoms with Crippen LogP contribution >= 0.6 is 0 Å². The van der Waals surface area contributed by atoms with E-state index in [-0.39, 0.29) is 17.4 Å². The molecule has 0 aliphatic rings. The fourth-order valence-corrected chi connectivity index (χ4v) is 5.50. The zero-order valence-electron chi connectivity index (χ0n) is 21.5. The number of benzene rings is 3. The summed E-state index contributed by atoms with van der Waals surface area (Å²) in [5.74, 6) is -0.450. The lowest BCUT2D eigenvalue weighted by Crippen LogP contribution is -2.29. The van der Waals surface area contributed by atoms with Crippen LogP contribution in [0, 0.1) is 13.8 Å². The van der Waals surface area contributed by atoms with E-state index < -0.39 is 26.0 Å². The molecule has 0 saturated heterocycles. The summed E-state index contributed by atoms with van der Waals surface area (Å²) in [7, 11) is -7.44.